The van der Waals surface area contributed by atoms with Gasteiger partial charge in [-0.1, -0.05) is 30.3 Å². The lowest BCUT2D eigenvalue weighted by Gasteiger charge is -2.26. The third-order valence-corrected chi connectivity index (χ3v) is 8.34. The van der Waals surface area contributed by atoms with Gasteiger partial charge in [-0.2, -0.15) is 0 Å². The zero-order chi connectivity index (χ0) is 33.6. The number of amides is 2. The number of aliphatic hydroxyl groups is 1. The van der Waals surface area contributed by atoms with Crippen LogP contribution in [-0.4, -0.2) is 57.0 Å². The first-order valence-corrected chi connectivity index (χ1v) is 15.8. The number of hydrogen-bond acceptors (Lipinski definition) is 7. The van der Waals surface area contributed by atoms with Gasteiger partial charge in [-0.05, 0) is 81.0 Å². The van der Waals surface area contributed by atoms with Gasteiger partial charge in [-0.3, -0.25) is 14.6 Å². The van der Waals surface area contributed by atoms with Crippen LogP contribution in [0.1, 0.15) is 87.3 Å². The van der Waals surface area contributed by atoms with Crippen LogP contribution in [0.2, 0.25) is 0 Å². The van der Waals surface area contributed by atoms with Crippen LogP contribution in [0.5, 0.6) is 0 Å². The van der Waals surface area contributed by atoms with Gasteiger partial charge in [0, 0.05) is 48.7 Å². The number of carbonyl (C=O) groups excluding carboxylic acids is 2. The number of hydrogen-bond donors (Lipinski definition) is 3. The van der Waals surface area contributed by atoms with Crippen LogP contribution in [0.4, 0.5) is 8.78 Å². The van der Waals surface area contributed by atoms with Gasteiger partial charge in [0.15, 0.2) is 0 Å². The van der Waals surface area contributed by atoms with E-state index in [1.165, 1.54) is 38.2 Å². The molecule has 2 aromatic carbocycles. The van der Waals surface area contributed by atoms with Gasteiger partial charge in [0.05, 0.1) is 17.8 Å². The molecule has 1 saturated heterocycles. The number of alkyl halides is 2. The summed E-state index contributed by atoms with van der Waals surface area (Å²) in [7, 11) is 0. The van der Waals surface area contributed by atoms with Crippen LogP contribution in [0.3, 0.4) is 0 Å². The first-order valence-electron chi connectivity index (χ1n) is 15.8. The average molecular weight is 646 g/mol. The van der Waals surface area contributed by atoms with Crippen molar-refractivity contribution in [2.75, 3.05) is 13.1 Å². The SMILES string of the molecule is Cc1coc(C2CCCN2C(=O)c2cc(CF)cc(C(=O)N[C@@H](Cc3ccccc3)[C@H](O)CNCc3cncc(C(C)(C)F)c3)c2)n1. The van der Waals surface area contributed by atoms with Crippen LogP contribution in [0.25, 0.3) is 0 Å². The van der Waals surface area contributed by atoms with Crippen molar-refractivity contribution in [2.45, 2.75) is 77.1 Å². The van der Waals surface area contributed by atoms with E-state index in [-0.39, 0.29) is 35.2 Å². The fourth-order valence-corrected chi connectivity index (χ4v) is 5.80. The number of rotatable bonds is 13. The highest BCUT2D eigenvalue weighted by atomic mass is 19.1. The molecule has 3 atom stereocenters. The third kappa shape index (κ3) is 8.66. The molecule has 3 heterocycles. The molecule has 2 amide bonds. The van der Waals surface area contributed by atoms with Crippen LogP contribution < -0.4 is 10.6 Å². The van der Waals surface area contributed by atoms with Crippen molar-refractivity contribution in [3.8, 4) is 0 Å². The standard InChI is InChI=1S/C36H41F2N5O4/c1-23-22-47-34(41-23)31-10-7-11-43(31)35(46)28-13-25(17-37)12-27(16-28)33(45)42-30(15-24-8-5-4-6-9-24)32(44)21-40-19-26-14-29(20-39-18-26)36(2,3)38/h4-6,8-9,12-14,16,18,20,22,30-32,40,44H,7,10-11,15,17,19,21H2,1-3H3,(H,42,45)/t30-,31?,32+/m0/s1. The molecule has 0 spiro atoms. The predicted molar refractivity (Wildman–Crippen MR) is 173 cm³/mol. The van der Waals surface area contributed by atoms with E-state index >= 15 is 0 Å². The molecule has 1 aliphatic heterocycles. The minimum atomic E-state index is -1.54. The Hall–Kier alpha value is -4.48. The minimum Gasteiger partial charge on any atom is -0.446 e. The monoisotopic (exact) mass is 645 g/mol. The first-order chi connectivity index (χ1) is 22.5. The number of pyridine rings is 1. The Morgan fingerprint density at radius 1 is 1.09 bits per heavy atom. The van der Waals surface area contributed by atoms with Gasteiger partial charge < -0.3 is 25.1 Å². The van der Waals surface area contributed by atoms with E-state index in [4.69, 9.17) is 4.42 Å². The Kier molecular flexibility index (Phi) is 10.8. The Bertz CT molecular complexity index is 1670. The van der Waals surface area contributed by atoms with Crippen molar-refractivity contribution in [1.82, 2.24) is 25.5 Å². The summed E-state index contributed by atoms with van der Waals surface area (Å²) in [6, 6.07) is 14.4. The number of nitrogens with one attached hydrogen (secondary N) is 2. The maximum absolute atomic E-state index is 14.4. The van der Waals surface area contributed by atoms with E-state index in [9.17, 15) is 23.5 Å². The number of oxazole rings is 1. The average Bonchev–Trinajstić information content (AvgIpc) is 3.73. The zero-order valence-corrected chi connectivity index (χ0v) is 26.9. The van der Waals surface area contributed by atoms with Crippen molar-refractivity contribution in [1.29, 1.82) is 0 Å². The number of aryl methyl sites for hydroxylation is 1. The number of benzene rings is 2. The fraction of sp³-hybridized carbons (Fsp3) is 0.389. The number of likely N-dealkylation sites (tertiary alicyclic amines) is 1. The zero-order valence-electron chi connectivity index (χ0n) is 26.9. The third-order valence-electron chi connectivity index (χ3n) is 8.34. The number of nitrogens with zero attached hydrogens (tertiary/aromatic N) is 3. The lowest BCUT2D eigenvalue weighted by molar-refractivity contribution is 0.0715. The number of halogens is 2. The Morgan fingerprint density at radius 3 is 2.55 bits per heavy atom. The summed E-state index contributed by atoms with van der Waals surface area (Å²) in [4.78, 5) is 37.5. The molecule has 5 rings (SSSR count). The van der Waals surface area contributed by atoms with Gasteiger partial charge in [0.1, 0.15) is 24.6 Å². The van der Waals surface area contributed by atoms with E-state index in [0.29, 0.717) is 43.1 Å². The van der Waals surface area contributed by atoms with Crippen LogP contribution >= 0.6 is 0 Å². The molecule has 4 aromatic rings. The summed E-state index contributed by atoms with van der Waals surface area (Å²) in [6.45, 7) is 4.81. The maximum Gasteiger partial charge on any atom is 0.254 e. The summed E-state index contributed by atoms with van der Waals surface area (Å²) in [5.74, 6) is -0.431. The Morgan fingerprint density at radius 2 is 1.85 bits per heavy atom. The molecule has 47 heavy (non-hydrogen) atoms. The highest BCUT2D eigenvalue weighted by molar-refractivity contribution is 6.00. The van der Waals surface area contributed by atoms with Crippen LogP contribution in [0.15, 0.2) is 77.7 Å². The molecule has 1 aliphatic rings. The second-order valence-electron chi connectivity index (χ2n) is 12.6. The van der Waals surface area contributed by atoms with Gasteiger partial charge in [0.2, 0.25) is 5.89 Å². The quantitative estimate of drug-likeness (QED) is 0.175. The molecular weight excluding hydrogens is 604 g/mol. The topological polar surface area (TPSA) is 121 Å². The molecule has 3 N–H and O–H groups in total. The highest BCUT2D eigenvalue weighted by Crippen LogP contribution is 2.33. The lowest BCUT2D eigenvalue weighted by atomic mass is 9.99. The summed E-state index contributed by atoms with van der Waals surface area (Å²) in [5, 5.41) is 17.4. The van der Waals surface area contributed by atoms with Crippen molar-refractivity contribution >= 4 is 11.8 Å². The van der Waals surface area contributed by atoms with Crippen molar-refractivity contribution in [3.63, 3.8) is 0 Å². The second-order valence-corrected chi connectivity index (χ2v) is 12.6. The van der Waals surface area contributed by atoms with Gasteiger partial charge in [-0.15, -0.1) is 0 Å². The van der Waals surface area contributed by atoms with Gasteiger partial charge in [0.25, 0.3) is 11.8 Å². The largest absolute Gasteiger partial charge is 0.446 e. The predicted octanol–water partition coefficient (Wildman–Crippen LogP) is 5.52. The molecule has 0 bridgehead atoms. The number of carbonyl (C=O) groups is 2. The van der Waals surface area contributed by atoms with E-state index in [1.54, 1.807) is 23.4 Å². The summed E-state index contributed by atoms with van der Waals surface area (Å²) in [6.07, 6.45) is 5.41. The number of aromatic nitrogens is 2. The molecule has 248 valence electrons. The van der Waals surface area contributed by atoms with Gasteiger partial charge >= 0.3 is 0 Å². The molecule has 1 fully saturated rings. The van der Waals surface area contributed by atoms with Crippen LogP contribution in [-0.2, 0) is 25.3 Å². The smallest absolute Gasteiger partial charge is 0.254 e. The summed E-state index contributed by atoms with van der Waals surface area (Å²) in [5.41, 5.74) is 1.77. The van der Waals surface area contributed by atoms with Crippen LogP contribution in [0, 0.1) is 6.92 Å². The second kappa shape index (κ2) is 15.0. The molecule has 0 radical (unpaired) electrons. The van der Waals surface area contributed by atoms with E-state index < -0.39 is 30.4 Å². The molecule has 1 unspecified atom stereocenters. The van der Waals surface area contributed by atoms with Crippen molar-refractivity contribution in [3.05, 3.63) is 118 Å². The minimum absolute atomic E-state index is 0.112. The van der Waals surface area contributed by atoms with Crippen molar-refractivity contribution < 1.29 is 27.9 Å². The summed E-state index contributed by atoms with van der Waals surface area (Å²) >= 11 is 0. The molecule has 11 heteroatoms. The van der Waals surface area contributed by atoms with Crippen molar-refractivity contribution in [2.24, 2.45) is 0 Å². The molecule has 0 aliphatic carbocycles. The van der Waals surface area contributed by atoms with E-state index in [2.05, 4.69) is 20.6 Å². The number of aliphatic hydroxyl groups excluding tert-OH is 1. The molecule has 9 nitrogen and oxygen atoms in total. The maximum atomic E-state index is 14.4. The fourth-order valence-electron chi connectivity index (χ4n) is 5.80. The van der Waals surface area contributed by atoms with Gasteiger partial charge in [-0.25, -0.2) is 13.8 Å². The highest BCUT2D eigenvalue weighted by Gasteiger charge is 2.34. The first kappa shape index (κ1) is 33.9. The summed E-state index contributed by atoms with van der Waals surface area (Å²) < 4.78 is 34.0. The lowest BCUT2D eigenvalue weighted by Crippen LogP contribution is -2.48. The normalized spacial score (nSPS) is 16.2. The van der Waals surface area contributed by atoms with E-state index in [0.717, 1.165) is 17.5 Å². The molecule has 0 saturated carbocycles. The molecule has 2 aromatic heterocycles. The Labute approximate surface area is 273 Å². The molecular formula is C36H41F2N5O4. The van der Waals surface area contributed by atoms with E-state index in [1.807, 2.05) is 37.3 Å². The Balaban J connectivity index is 1.31.